The van der Waals surface area contributed by atoms with E-state index >= 15 is 0 Å². The van der Waals surface area contributed by atoms with Crippen LogP contribution < -0.4 is 0 Å². The molecule has 1 aliphatic rings. The average Bonchev–Trinajstić information content (AvgIpc) is 2.18. The molecule has 1 aliphatic carbocycles. The molecular formula is C11H15ClN2. The molecule has 2 nitrogen and oxygen atoms in total. The van der Waals surface area contributed by atoms with Gasteiger partial charge in [-0.25, -0.2) is 9.97 Å². The van der Waals surface area contributed by atoms with Gasteiger partial charge in [-0.2, -0.15) is 0 Å². The SMILES string of the molecule is CC1CCCC(c2nccc(Cl)n2)C1. The fraction of sp³-hybridized carbons (Fsp3) is 0.636. The van der Waals surface area contributed by atoms with Crippen molar-refractivity contribution in [1.82, 2.24) is 9.97 Å². The molecule has 1 heterocycles. The smallest absolute Gasteiger partial charge is 0.133 e. The third-order valence-electron chi connectivity index (χ3n) is 2.94. The van der Waals surface area contributed by atoms with Crippen molar-refractivity contribution in [3.05, 3.63) is 23.2 Å². The first-order valence-electron chi connectivity index (χ1n) is 5.24. The van der Waals surface area contributed by atoms with Gasteiger partial charge in [-0.1, -0.05) is 31.4 Å². The molecule has 0 aliphatic heterocycles. The van der Waals surface area contributed by atoms with Gasteiger partial charge in [0, 0.05) is 12.1 Å². The van der Waals surface area contributed by atoms with Gasteiger partial charge in [0.1, 0.15) is 11.0 Å². The Bertz CT molecular complexity index is 314. The van der Waals surface area contributed by atoms with Crippen molar-refractivity contribution in [2.24, 2.45) is 5.92 Å². The Hall–Kier alpha value is -0.630. The Morgan fingerprint density at radius 2 is 2.29 bits per heavy atom. The van der Waals surface area contributed by atoms with Crippen LogP contribution in [0.5, 0.6) is 0 Å². The van der Waals surface area contributed by atoms with Crippen LogP contribution in [0.2, 0.25) is 5.15 Å². The van der Waals surface area contributed by atoms with E-state index in [0.717, 1.165) is 11.7 Å². The van der Waals surface area contributed by atoms with E-state index in [1.54, 1.807) is 12.3 Å². The van der Waals surface area contributed by atoms with E-state index in [1.165, 1.54) is 25.7 Å². The van der Waals surface area contributed by atoms with Gasteiger partial charge in [-0.05, 0) is 24.8 Å². The van der Waals surface area contributed by atoms with Crippen LogP contribution in [-0.4, -0.2) is 9.97 Å². The molecule has 0 amide bonds. The predicted molar refractivity (Wildman–Crippen MR) is 57.4 cm³/mol. The minimum Gasteiger partial charge on any atom is -0.241 e. The molecule has 1 saturated carbocycles. The zero-order valence-corrected chi connectivity index (χ0v) is 9.17. The number of rotatable bonds is 1. The molecule has 2 atom stereocenters. The lowest BCUT2D eigenvalue weighted by Crippen LogP contribution is -2.14. The Morgan fingerprint density at radius 1 is 1.43 bits per heavy atom. The molecule has 3 heteroatoms. The quantitative estimate of drug-likeness (QED) is 0.664. The minimum atomic E-state index is 0.525. The Balaban J connectivity index is 2.14. The van der Waals surface area contributed by atoms with Crippen LogP contribution in [0.3, 0.4) is 0 Å². The molecule has 76 valence electrons. The van der Waals surface area contributed by atoms with Crippen LogP contribution in [0.15, 0.2) is 12.3 Å². The van der Waals surface area contributed by atoms with Crippen LogP contribution in [0.25, 0.3) is 0 Å². The second kappa shape index (κ2) is 4.26. The first kappa shape index (κ1) is 9.91. The largest absolute Gasteiger partial charge is 0.241 e. The van der Waals surface area contributed by atoms with Crippen molar-refractivity contribution in [1.29, 1.82) is 0 Å². The lowest BCUT2D eigenvalue weighted by Gasteiger charge is -2.25. The van der Waals surface area contributed by atoms with Crippen molar-refractivity contribution < 1.29 is 0 Å². The molecule has 0 saturated heterocycles. The summed E-state index contributed by atoms with van der Waals surface area (Å²) >= 11 is 5.85. The summed E-state index contributed by atoms with van der Waals surface area (Å²) in [6.07, 6.45) is 6.81. The van der Waals surface area contributed by atoms with Crippen LogP contribution >= 0.6 is 11.6 Å². The molecule has 0 N–H and O–H groups in total. The van der Waals surface area contributed by atoms with E-state index in [1.807, 2.05) is 0 Å². The van der Waals surface area contributed by atoms with Gasteiger partial charge in [0.05, 0.1) is 0 Å². The highest BCUT2D eigenvalue weighted by molar-refractivity contribution is 6.29. The first-order valence-corrected chi connectivity index (χ1v) is 5.62. The van der Waals surface area contributed by atoms with Crippen LogP contribution in [0.1, 0.15) is 44.3 Å². The summed E-state index contributed by atoms with van der Waals surface area (Å²) in [5, 5.41) is 0.563. The molecule has 1 aromatic heterocycles. The highest BCUT2D eigenvalue weighted by Gasteiger charge is 2.22. The summed E-state index contributed by atoms with van der Waals surface area (Å²) in [5.41, 5.74) is 0. The molecule has 0 aromatic carbocycles. The molecule has 0 spiro atoms. The van der Waals surface area contributed by atoms with Crippen molar-refractivity contribution in [3.8, 4) is 0 Å². The van der Waals surface area contributed by atoms with Gasteiger partial charge in [-0.15, -0.1) is 0 Å². The summed E-state index contributed by atoms with van der Waals surface area (Å²) in [6, 6.07) is 1.73. The molecule has 1 aromatic rings. The topological polar surface area (TPSA) is 25.8 Å². The Labute approximate surface area is 89.7 Å². The second-order valence-corrected chi connectivity index (χ2v) is 4.59. The van der Waals surface area contributed by atoms with E-state index in [-0.39, 0.29) is 0 Å². The normalized spacial score (nSPS) is 27.6. The lowest BCUT2D eigenvalue weighted by atomic mass is 9.82. The molecule has 1 fully saturated rings. The van der Waals surface area contributed by atoms with E-state index in [0.29, 0.717) is 11.1 Å². The first-order chi connectivity index (χ1) is 6.75. The second-order valence-electron chi connectivity index (χ2n) is 4.21. The zero-order chi connectivity index (χ0) is 9.97. The summed E-state index contributed by atoms with van der Waals surface area (Å²) in [7, 11) is 0. The van der Waals surface area contributed by atoms with Crippen molar-refractivity contribution in [3.63, 3.8) is 0 Å². The monoisotopic (exact) mass is 210 g/mol. The minimum absolute atomic E-state index is 0.525. The fourth-order valence-electron chi connectivity index (χ4n) is 2.22. The van der Waals surface area contributed by atoms with Gasteiger partial charge in [0.25, 0.3) is 0 Å². The summed E-state index contributed by atoms with van der Waals surface area (Å²) in [4.78, 5) is 8.59. The number of halogens is 1. The zero-order valence-electron chi connectivity index (χ0n) is 8.41. The third kappa shape index (κ3) is 2.24. The number of hydrogen-bond acceptors (Lipinski definition) is 2. The van der Waals surface area contributed by atoms with Crippen LogP contribution in [-0.2, 0) is 0 Å². The fourth-order valence-corrected chi connectivity index (χ4v) is 2.36. The van der Waals surface area contributed by atoms with Gasteiger partial charge in [0.15, 0.2) is 0 Å². The maximum Gasteiger partial charge on any atom is 0.133 e. The Kier molecular flexibility index (Phi) is 3.02. The predicted octanol–water partition coefficient (Wildman–Crippen LogP) is 3.42. The van der Waals surface area contributed by atoms with Gasteiger partial charge >= 0.3 is 0 Å². The lowest BCUT2D eigenvalue weighted by molar-refractivity contribution is 0.335. The molecule has 0 radical (unpaired) electrons. The van der Waals surface area contributed by atoms with Gasteiger partial charge in [0.2, 0.25) is 0 Å². The van der Waals surface area contributed by atoms with Gasteiger partial charge < -0.3 is 0 Å². The van der Waals surface area contributed by atoms with Crippen LogP contribution in [0.4, 0.5) is 0 Å². The maximum atomic E-state index is 5.85. The maximum absolute atomic E-state index is 5.85. The summed E-state index contributed by atoms with van der Waals surface area (Å²) in [5.74, 6) is 2.26. The van der Waals surface area contributed by atoms with Crippen molar-refractivity contribution in [2.45, 2.75) is 38.5 Å². The van der Waals surface area contributed by atoms with E-state index in [9.17, 15) is 0 Å². The molecule has 2 rings (SSSR count). The average molecular weight is 211 g/mol. The summed E-state index contributed by atoms with van der Waals surface area (Å²) in [6.45, 7) is 2.30. The number of aromatic nitrogens is 2. The van der Waals surface area contributed by atoms with Crippen molar-refractivity contribution in [2.75, 3.05) is 0 Å². The number of hydrogen-bond donors (Lipinski definition) is 0. The van der Waals surface area contributed by atoms with E-state index in [4.69, 9.17) is 11.6 Å². The van der Waals surface area contributed by atoms with E-state index < -0.39 is 0 Å². The number of nitrogens with zero attached hydrogens (tertiary/aromatic N) is 2. The van der Waals surface area contributed by atoms with Crippen molar-refractivity contribution >= 4 is 11.6 Å². The standard InChI is InChI=1S/C11H15ClN2/c1-8-3-2-4-9(7-8)11-13-6-5-10(12)14-11/h5-6,8-9H,2-4,7H2,1H3. The highest BCUT2D eigenvalue weighted by Crippen LogP contribution is 2.34. The molecule has 0 bridgehead atoms. The third-order valence-corrected chi connectivity index (χ3v) is 3.15. The molecular weight excluding hydrogens is 196 g/mol. The summed E-state index contributed by atoms with van der Waals surface area (Å²) < 4.78 is 0. The van der Waals surface area contributed by atoms with Gasteiger partial charge in [-0.3, -0.25) is 0 Å². The van der Waals surface area contributed by atoms with Crippen LogP contribution in [0, 0.1) is 5.92 Å². The Morgan fingerprint density at radius 3 is 3.00 bits per heavy atom. The molecule has 2 unspecified atom stereocenters. The molecule has 14 heavy (non-hydrogen) atoms. The van der Waals surface area contributed by atoms with E-state index in [2.05, 4.69) is 16.9 Å². The highest BCUT2D eigenvalue weighted by atomic mass is 35.5.